The number of rotatable bonds is 4. The maximum atomic E-state index is 12.5. The molecular weight excluding hydrogens is 244 g/mol. The second-order valence-corrected chi connectivity index (χ2v) is 5.86. The summed E-state index contributed by atoms with van der Waals surface area (Å²) in [6, 6.07) is 0. The molecule has 1 fully saturated rings. The Morgan fingerprint density at radius 3 is 2.58 bits per heavy atom. The Labute approximate surface area is 115 Å². The summed E-state index contributed by atoms with van der Waals surface area (Å²) >= 11 is 0. The Bertz CT molecular complexity index is 355. The molecule has 6 nitrogen and oxygen atoms in total. The van der Waals surface area contributed by atoms with Gasteiger partial charge in [-0.2, -0.15) is 0 Å². The molecule has 1 heterocycles. The smallest absolute Gasteiger partial charge is 0.233 e. The average Bonchev–Trinajstić information content (AvgIpc) is 2.37. The van der Waals surface area contributed by atoms with Crippen LogP contribution in [0.25, 0.3) is 0 Å². The predicted molar refractivity (Wildman–Crippen MR) is 75.1 cm³/mol. The maximum absolute atomic E-state index is 12.5. The molecule has 19 heavy (non-hydrogen) atoms. The number of hydrogen-bond donors (Lipinski definition) is 2. The van der Waals surface area contributed by atoms with E-state index in [9.17, 15) is 4.79 Å². The lowest BCUT2D eigenvalue weighted by Crippen LogP contribution is -2.60. The number of carbonyl (C=O) groups excluding carboxylic acids is 1. The second kappa shape index (κ2) is 6.23. The fraction of sp³-hybridized carbons (Fsp3) is 0.846. The van der Waals surface area contributed by atoms with Gasteiger partial charge in [0, 0.05) is 25.2 Å². The minimum atomic E-state index is -0.505. The Morgan fingerprint density at radius 1 is 1.47 bits per heavy atom. The van der Waals surface area contributed by atoms with Gasteiger partial charge in [-0.3, -0.25) is 9.69 Å². The molecule has 3 N–H and O–H groups in total. The Morgan fingerprint density at radius 2 is 2.11 bits per heavy atom. The molecule has 1 unspecified atom stereocenters. The summed E-state index contributed by atoms with van der Waals surface area (Å²) in [5.74, 6) is -0.517. The van der Waals surface area contributed by atoms with Crippen LogP contribution in [0.4, 0.5) is 0 Å². The summed E-state index contributed by atoms with van der Waals surface area (Å²) in [5, 5.41) is 11.8. The van der Waals surface area contributed by atoms with E-state index in [0.717, 1.165) is 13.0 Å². The van der Waals surface area contributed by atoms with E-state index in [0.29, 0.717) is 19.5 Å². The molecule has 0 aromatic heterocycles. The highest BCUT2D eigenvalue weighted by atomic mass is 16.4. The molecule has 0 bridgehead atoms. The molecule has 1 rings (SSSR count). The van der Waals surface area contributed by atoms with Gasteiger partial charge in [-0.1, -0.05) is 18.5 Å². The van der Waals surface area contributed by atoms with Gasteiger partial charge in [0.25, 0.3) is 0 Å². The summed E-state index contributed by atoms with van der Waals surface area (Å²) in [6.45, 7) is 8.42. The molecule has 0 radical (unpaired) electrons. The SMILES string of the molecule is CCCC(C(=O)N1CCN(C)C(C)(C)C1)C(N)=NO. The third-order valence-electron chi connectivity index (χ3n) is 3.98. The summed E-state index contributed by atoms with van der Waals surface area (Å²) < 4.78 is 0. The molecule has 0 aliphatic carbocycles. The molecule has 1 amide bonds. The first kappa shape index (κ1) is 15.8. The zero-order valence-electron chi connectivity index (χ0n) is 12.4. The number of oxime groups is 1. The van der Waals surface area contributed by atoms with Gasteiger partial charge >= 0.3 is 0 Å². The second-order valence-electron chi connectivity index (χ2n) is 5.86. The van der Waals surface area contributed by atoms with E-state index in [-0.39, 0.29) is 17.3 Å². The van der Waals surface area contributed by atoms with Crippen molar-refractivity contribution in [1.29, 1.82) is 0 Å². The highest BCUT2D eigenvalue weighted by Crippen LogP contribution is 2.21. The van der Waals surface area contributed by atoms with E-state index in [1.165, 1.54) is 0 Å². The first-order chi connectivity index (χ1) is 8.83. The highest BCUT2D eigenvalue weighted by Gasteiger charge is 2.36. The largest absolute Gasteiger partial charge is 0.409 e. The summed E-state index contributed by atoms with van der Waals surface area (Å²) in [7, 11) is 2.06. The first-order valence-electron chi connectivity index (χ1n) is 6.81. The Hall–Kier alpha value is -1.30. The van der Waals surface area contributed by atoms with Gasteiger partial charge in [0.15, 0.2) is 5.84 Å². The molecular formula is C13H26N4O2. The number of nitrogens with two attached hydrogens (primary N) is 1. The van der Waals surface area contributed by atoms with Crippen LogP contribution in [-0.4, -0.2) is 59.0 Å². The van der Waals surface area contributed by atoms with Gasteiger partial charge in [-0.25, -0.2) is 0 Å². The van der Waals surface area contributed by atoms with Crippen molar-refractivity contribution in [2.24, 2.45) is 16.8 Å². The molecule has 0 aromatic carbocycles. The highest BCUT2D eigenvalue weighted by molar-refractivity contribution is 6.02. The monoisotopic (exact) mass is 270 g/mol. The number of carbonyl (C=O) groups is 1. The van der Waals surface area contributed by atoms with Crippen LogP contribution in [0.15, 0.2) is 5.16 Å². The number of nitrogens with zero attached hydrogens (tertiary/aromatic N) is 3. The van der Waals surface area contributed by atoms with Crippen molar-refractivity contribution in [3.63, 3.8) is 0 Å². The zero-order valence-corrected chi connectivity index (χ0v) is 12.4. The third-order valence-corrected chi connectivity index (χ3v) is 3.98. The minimum Gasteiger partial charge on any atom is -0.409 e. The summed E-state index contributed by atoms with van der Waals surface area (Å²) in [4.78, 5) is 16.6. The molecule has 1 atom stereocenters. The van der Waals surface area contributed by atoms with Crippen molar-refractivity contribution in [2.75, 3.05) is 26.7 Å². The van der Waals surface area contributed by atoms with Crippen molar-refractivity contribution in [2.45, 2.75) is 39.2 Å². The van der Waals surface area contributed by atoms with Gasteiger partial charge in [0.1, 0.15) is 0 Å². The molecule has 1 aliphatic rings. The molecule has 6 heteroatoms. The van der Waals surface area contributed by atoms with E-state index in [4.69, 9.17) is 10.9 Å². The van der Waals surface area contributed by atoms with Crippen LogP contribution >= 0.6 is 0 Å². The van der Waals surface area contributed by atoms with E-state index in [2.05, 4.69) is 31.0 Å². The lowest BCUT2D eigenvalue weighted by molar-refractivity contribution is -0.138. The fourth-order valence-electron chi connectivity index (χ4n) is 2.40. The van der Waals surface area contributed by atoms with Crippen molar-refractivity contribution in [3.8, 4) is 0 Å². The number of likely N-dealkylation sites (N-methyl/N-ethyl adjacent to an activating group) is 1. The predicted octanol–water partition coefficient (Wildman–Crippen LogP) is 0.702. The molecule has 0 spiro atoms. The van der Waals surface area contributed by atoms with Crippen LogP contribution in [0, 0.1) is 5.92 Å². The topological polar surface area (TPSA) is 82.2 Å². The number of amidine groups is 1. The fourth-order valence-corrected chi connectivity index (χ4v) is 2.40. The van der Waals surface area contributed by atoms with Crippen LogP contribution < -0.4 is 5.73 Å². The van der Waals surface area contributed by atoms with Crippen LogP contribution in [0.5, 0.6) is 0 Å². The van der Waals surface area contributed by atoms with Gasteiger partial charge in [-0.05, 0) is 27.3 Å². The number of amides is 1. The lowest BCUT2D eigenvalue weighted by atomic mass is 9.96. The molecule has 110 valence electrons. The third kappa shape index (κ3) is 3.59. The average molecular weight is 270 g/mol. The molecule has 1 aliphatic heterocycles. The Kier molecular flexibility index (Phi) is 5.17. The quantitative estimate of drug-likeness (QED) is 0.341. The van der Waals surface area contributed by atoms with Crippen LogP contribution in [0.2, 0.25) is 0 Å². The zero-order chi connectivity index (χ0) is 14.6. The molecule has 1 saturated heterocycles. The van der Waals surface area contributed by atoms with E-state index >= 15 is 0 Å². The standard InChI is InChI=1S/C13H26N4O2/c1-5-6-10(11(14)15-19)12(18)17-8-7-16(4)13(2,3)9-17/h10,19H,5-9H2,1-4H3,(H2,14,15). The Balaban J connectivity index is 2.81. The van der Waals surface area contributed by atoms with E-state index < -0.39 is 5.92 Å². The first-order valence-corrected chi connectivity index (χ1v) is 6.81. The van der Waals surface area contributed by atoms with Crippen molar-refractivity contribution in [3.05, 3.63) is 0 Å². The molecule has 0 aromatic rings. The number of piperazine rings is 1. The van der Waals surface area contributed by atoms with Crippen molar-refractivity contribution >= 4 is 11.7 Å². The lowest BCUT2D eigenvalue weighted by Gasteiger charge is -2.46. The van der Waals surface area contributed by atoms with Gasteiger partial charge in [-0.15, -0.1) is 0 Å². The normalized spacial score (nSPS) is 22.3. The van der Waals surface area contributed by atoms with Crippen LogP contribution in [0.3, 0.4) is 0 Å². The van der Waals surface area contributed by atoms with E-state index in [1.807, 2.05) is 11.8 Å². The summed E-state index contributed by atoms with van der Waals surface area (Å²) in [6.07, 6.45) is 1.44. The summed E-state index contributed by atoms with van der Waals surface area (Å²) in [5.41, 5.74) is 5.60. The number of hydrogen-bond acceptors (Lipinski definition) is 4. The van der Waals surface area contributed by atoms with Crippen molar-refractivity contribution in [1.82, 2.24) is 9.80 Å². The maximum Gasteiger partial charge on any atom is 0.233 e. The molecule has 0 saturated carbocycles. The minimum absolute atomic E-state index is 0.0172. The van der Waals surface area contributed by atoms with Crippen LogP contribution in [0.1, 0.15) is 33.6 Å². The van der Waals surface area contributed by atoms with Gasteiger partial charge in [0.05, 0.1) is 5.92 Å². The van der Waals surface area contributed by atoms with Gasteiger partial charge < -0.3 is 15.8 Å². The van der Waals surface area contributed by atoms with Crippen LogP contribution in [-0.2, 0) is 4.79 Å². The van der Waals surface area contributed by atoms with Crippen molar-refractivity contribution < 1.29 is 10.0 Å². The van der Waals surface area contributed by atoms with Gasteiger partial charge in [0.2, 0.25) is 5.91 Å². The van der Waals surface area contributed by atoms with E-state index in [1.54, 1.807) is 0 Å².